The quantitative estimate of drug-likeness (QED) is 0.873. The van der Waals surface area contributed by atoms with Gasteiger partial charge in [-0.3, -0.25) is 0 Å². The minimum Gasteiger partial charge on any atom is -0.497 e. The summed E-state index contributed by atoms with van der Waals surface area (Å²) in [6.07, 6.45) is 2.90. The molecule has 0 saturated carbocycles. The lowest BCUT2D eigenvalue weighted by atomic mass is 10.1. The number of hydrogen-bond acceptors (Lipinski definition) is 3. The number of hydrogen-bond donors (Lipinski definition) is 1. The molecule has 3 nitrogen and oxygen atoms in total. The first-order chi connectivity index (χ1) is 8.24. The zero-order valence-corrected chi connectivity index (χ0v) is 10.5. The lowest BCUT2D eigenvalue weighted by molar-refractivity contribution is 0.415. The van der Waals surface area contributed by atoms with Crippen LogP contribution in [0.4, 0.5) is 5.82 Å². The Morgan fingerprint density at radius 2 is 2.18 bits per heavy atom. The number of ether oxygens (including phenoxy) is 1. The summed E-state index contributed by atoms with van der Waals surface area (Å²) in [5.74, 6) is 1.82. The van der Waals surface area contributed by atoms with Crippen molar-refractivity contribution in [2.45, 2.75) is 26.3 Å². The summed E-state index contributed by atoms with van der Waals surface area (Å²) >= 11 is 0. The van der Waals surface area contributed by atoms with Crippen molar-refractivity contribution in [3.05, 3.63) is 30.5 Å². The monoisotopic (exact) mass is 230 g/mol. The maximum absolute atomic E-state index is 5.22. The molecule has 0 aliphatic rings. The number of methoxy groups -OCH3 is 1. The molecule has 1 aromatic heterocycles. The van der Waals surface area contributed by atoms with E-state index in [0.29, 0.717) is 6.04 Å². The fourth-order valence-corrected chi connectivity index (χ4v) is 1.73. The Morgan fingerprint density at radius 1 is 1.35 bits per heavy atom. The minimum atomic E-state index is 0.426. The molecule has 0 bridgehead atoms. The highest BCUT2D eigenvalue weighted by Crippen LogP contribution is 2.25. The van der Waals surface area contributed by atoms with Crippen LogP contribution in [0.25, 0.3) is 10.8 Å². The topological polar surface area (TPSA) is 34.2 Å². The minimum absolute atomic E-state index is 0.426. The molecule has 0 spiro atoms. The van der Waals surface area contributed by atoms with Crippen molar-refractivity contribution in [1.29, 1.82) is 0 Å². The summed E-state index contributed by atoms with van der Waals surface area (Å²) in [4.78, 5) is 4.40. The van der Waals surface area contributed by atoms with Crippen LogP contribution in [-0.4, -0.2) is 18.1 Å². The number of nitrogens with zero attached hydrogens (tertiary/aromatic N) is 1. The third kappa shape index (κ3) is 2.49. The summed E-state index contributed by atoms with van der Waals surface area (Å²) in [5.41, 5.74) is 0. The van der Waals surface area contributed by atoms with Crippen LogP contribution in [0.1, 0.15) is 20.3 Å². The van der Waals surface area contributed by atoms with E-state index >= 15 is 0 Å². The van der Waals surface area contributed by atoms with Crippen molar-refractivity contribution in [1.82, 2.24) is 4.98 Å². The maximum Gasteiger partial charge on any atom is 0.134 e. The molecule has 0 amide bonds. The van der Waals surface area contributed by atoms with Gasteiger partial charge in [-0.1, -0.05) is 6.92 Å². The second-order valence-corrected chi connectivity index (χ2v) is 4.20. The van der Waals surface area contributed by atoms with E-state index in [1.165, 1.54) is 0 Å². The smallest absolute Gasteiger partial charge is 0.134 e. The normalized spacial score (nSPS) is 12.4. The van der Waals surface area contributed by atoms with Gasteiger partial charge in [0.05, 0.1) is 7.11 Å². The maximum atomic E-state index is 5.22. The van der Waals surface area contributed by atoms with Crippen LogP contribution >= 0.6 is 0 Å². The second-order valence-electron chi connectivity index (χ2n) is 4.20. The number of fused-ring (bicyclic) bond motifs is 1. The molecule has 1 atom stereocenters. The lowest BCUT2D eigenvalue weighted by Gasteiger charge is -2.14. The Hall–Kier alpha value is -1.77. The van der Waals surface area contributed by atoms with Crippen LogP contribution in [-0.2, 0) is 0 Å². The van der Waals surface area contributed by atoms with E-state index in [1.807, 2.05) is 30.5 Å². The molecule has 0 radical (unpaired) electrons. The molecule has 2 aromatic rings. The second kappa shape index (κ2) is 5.04. The van der Waals surface area contributed by atoms with Gasteiger partial charge in [0.25, 0.3) is 0 Å². The molecule has 0 aliphatic carbocycles. The zero-order valence-electron chi connectivity index (χ0n) is 10.5. The summed E-state index contributed by atoms with van der Waals surface area (Å²) in [6, 6.07) is 8.46. The Bertz CT molecular complexity index is 511. The van der Waals surface area contributed by atoms with Crippen LogP contribution in [0, 0.1) is 0 Å². The van der Waals surface area contributed by atoms with Crippen LogP contribution in [0.3, 0.4) is 0 Å². The Kier molecular flexibility index (Phi) is 3.47. The Labute approximate surface area is 102 Å². The average Bonchev–Trinajstić information content (AvgIpc) is 2.38. The van der Waals surface area contributed by atoms with Gasteiger partial charge >= 0.3 is 0 Å². The van der Waals surface area contributed by atoms with Crippen LogP contribution < -0.4 is 10.1 Å². The lowest BCUT2D eigenvalue weighted by Crippen LogP contribution is -2.14. The number of nitrogens with one attached hydrogen (secondary N) is 1. The molecule has 0 saturated heterocycles. The highest BCUT2D eigenvalue weighted by atomic mass is 16.5. The number of pyridine rings is 1. The number of benzene rings is 1. The highest BCUT2D eigenvalue weighted by molar-refractivity contribution is 5.92. The first kappa shape index (κ1) is 11.7. The van der Waals surface area contributed by atoms with E-state index in [4.69, 9.17) is 4.74 Å². The summed E-state index contributed by atoms with van der Waals surface area (Å²) in [5, 5.41) is 5.70. The van der Waals surface area contributed by atoms with Gasteiger partial charge in [0, 0.05) is 17.6 Å². The molecule has 1 heterocycles. The summed E-state index contributed by atoms with van der Waals surface area (Å²) in [6.45, 7) is 4.32. The fourth-order valence-electron chi connectivity index (χ4n) is 1.73. The van der Waals surface area contributed by atoms with Gasteiger partial charge in [-0.15, -0.1) is 0 Å². The third-order valence-corrected chi connectivity index (χ3v) is 2.97. The third-order valence-electron chi connectivity index (χ3n) is 2.97. The molecular weight excluding hydrogens is 212 g/mol. The number of rotatable bonds is 4. The summed E-state index contributed by atoms with van der Waals surface area (Å²) in [7, 11) is 1.68. The van der Waals surface area contributed by atoms with E-state index in [9.17, 15) is 0 Å². The van der Waals surface area contributed by atoms with Gasteiger partial charge in [-0.05, 0) is 43.0 Å². The van der Waals surface area contributed by atoms with Gasteiger partial charge in [0.2, 0.25) is 0 Å². The van der Waals surface area contributed by atoms with Gasteiger partial charge in [0.15, 0.2) is 0 Å². The average molecular weight is 230 g/mol. The first-order valence-electron chi connectivity index (χ1n) is 5.94. The molecule has 3 heteroatoms. The molecule has 17 heavy (non-hydrogen) atoms. The molecule has 0 fully saturated rings. The van der Waals surface area contributed by atoms with E-state index < -0.39 is 0 Å². The van der Waals surface area contributed by atoms with E-state index in [-0.39, 0.29) is 0 Å². The number of anilines is 1. The van der Waals surface area contributed by atoms with Crippen molar-refractivity contribution in [3.8, 4) is 5.75 Å². The van der Waals surface area contributed by atoms with Gasteiger partial charge < -0.3 is 10.1 Å². The van der Waals surface area contributed by atoms with Crippen molar-refractivity contribution >= 4 is 16.6 Å². The molecule has 1 N–H and O–H groups in total. The Balaban J connectivity index is 2.43. The largest absolute Gasteiger partial charge is 0.497 e. The van der Waals surface area contributed by atoms with Gasteiger partial charge in [-0.25, -0.2) is 4.98 Å². The molecule has 2 rings (SSSR count). The molecule has 1 unspecified atom stereocenters. The predicted octanol–water partition coefficient (Wildman–Crippen LogP) is 3.45. The van der Waals surface area contributed by atoms with Crippen LogP contribution in [0.5, 0.6) is 5.75 Å². The SMILES string of the molecule is CCC(C)Nc1nccc2cc(OC)ccc12. The Morgan fingerprint density at radius 3 is 2.88 bits per heavy atom. The van der Waals surface area contributed by atoms with E-state index in [0.717, 1.165) is 28.8 Å². The summed E-state index contributed by atoms with van der Waals surface area (Å²) < 4.78 is 5.22. The van der Waals surface area contributed by atoms with Crippen molar-refractivity contribution < 1.29 is 4.74 Å². The van der Waals surface area contributed by atoms with E-state index in [1.54, 1.807) is 7.11 Å². The first-order valence-corrected chi connectivity index (χ1v) is 5.94. The van der Waals surface area contributed by atoms with Gasteiger partial charge in [-0.2, -0.15) is 0 Å². The highest BCUT2D eigenvalue weighted by Gasteiger charge is 2.05. The van der Waals surface area contributed by atoms with Crippen LogP contribution in [0.15, 0.2) is 30.5 Å². The molecular formula is C14H18N2O. The van der Waals surface area contributed by atoms with Crippen molar-refractivity contribution in [2.75, 3.05) is 12.4 Å². The van der Waals surface area contributed by atoms with E-state index in [2.05, 4.69) is 24.1 Å². The standard InChI is InChI=1S/C14H18N2O/c1-4-10(2)16-14-13-6-5-12(17-3)9-11(13)7-8-15-14/h5-10H,4H2,1-3H3,(H,15,16). The van der Waals surface area contributed by atoms with Crippen molar-refractivity contribution in [2.24, 2.45) is 0 Å². The van der Waals surface area contributed by atoms with Crippen molar-refractivity contribution in [3.63, 3.8) is 0 Å². The zero-order chi connectivity index (χ0) is 12.3. The van der Waals surface area contributed by atoms with Crippen LogP contribution in [0.2, 0.25) is 0 Å². The number of aromatic nitrogens is 1. The van der Waals surface area contributed by atoms with Gasteiger partial charge in [0.1, 0.15) is 11.6 Å². The molecule has 1 aromatic carbocycles. The molecule has 90 valence electrons. The molecule has 0 aliphatic heterocycles. The predicted molar refractivity (Wildman–Crippen MR) is 71.7 cm³/mol. The fraction of sp³-hybridized carbons (Fsp3) is 0.357.